The third kappa shape index (κ3) is 2.93. The van der Waals surface area contributed by atoms with Crippen LogP contribution in [0.4, 0.5) is 0 Å². The van der Waals surface area contributed by atoms with Crippen LogP contribution in [0.5, 0.6) is 0 Å². The summed E-state index contributed by atoms with van der Waals surface area (Å²) in [4.78, 5) is 21.6. The van der Waals surface area contributed by atoms with Crippen LogP contribution in [0.2, 0.25) is 0 Å². The van der Waals surface area contributed by atoms with Crippen molar-refractivity contribution in [2.24, 2.45) is 11.1 Å². The summed E-state index contributed by atoms with van der Waals surface area (Å²) < 4.78 is 0. The van der Waals surface area contributed by atoms with Gasteiger partial charge in [0.2, 0.25) is 0 Å². The molecule has 0 heterocycles. The topological polar surface area (TPSA) is 66.7 Å². The number of oxime groups is 1. The van der Waals surface area contributed by atoms with Gasteiger partial charge in [0.1, 0.15) is 17.5 Å². The lowest BCUT2D eigenvalue weighted by molar-refractivity contribution is -0.128. The highest BCUT2D eigenvalue weighted by atomic mass is 16.4. The molecule has 0 bridgehead atoms. The van der Waals surface area contributed by atoms with E-state index in [1.807, 2.05) is 0 Å². The lowest BCUT2D eigenvalue weighted by Gasteiger charge is -2.02. The molecule has 0 aromatic carbocycles. The van der Waals surface area contributed by atoms with Crippen LogP contribution in [0.3, 0.4) is 0 Å². The second-order valence-corrected chi connectivity index (χ2v) is 2.17. The minimum Gasteiger partial charge on any atom is -0.411 e. The first-order valence-electron chi connectivity index (χ1n) is 3.34. The monoisotopic (exact) mass is 157 g/mol. The van der Waals surface area contributed by atoms with Crippen LogP contribution < -0.4 is 0 Å². The average Bonchev–Trinajstić information content (AvgIpc) is 1.98. The Morgan fingerprint density at radius 3 is 2.45 bits per heavy atom. The molecule has 1 atom stereocenters. The molecule has 0 fully saturated rings. The Labute approximate surface area is 64.9 Å². The fraction of sp³-hybridized carbons (Fsp3) is 0.571. The van der Waals surface area contributed by atoms with Crippen LogP contribution in [0.25, 0.3) is 0 Å². The van der Waals surface area contributed by atoms with E-state index in [1.54, 1.807) is 6.92 Å². The smallest absolute Gasteiger partial charge is 0.148 e. The summed E-state index contributed by atoms with van der Waals surface area (Å²) in [5.74, 6) is -1.39. The van der Waals surface area contributed by atoms with Crippen LogP contribution >= 0.6 is 0 Å². The lowest BCUT2D eigenvalue weighted by atomic mass is 10.00. The van der Waals surface area contributed by atoms with E-state index in [0.29, 0.717) is 0 Å². The Hall–Kier alpha value is -1.19. The van der Waals surface area contributed by atoms with Gasteiger partial charge in [-0.2, -0.15) is 0 Å². The summed E-state index contributed by atoms with van der Waals surface area (Å²) in [5, 5.41) is 10.8. The molecule has 0 aromatic rings. The maximum atomic E-state index is 10.9. The van der Waals surface area contributed by atoms with Crippen molar-refractivity contribution in [1.29, 1.82) is 0 Å². The van der Waals surface area contributed by atoms with Crippen LogP contribution in [-0.2, 0) is 9.59 Å². The molecule has 11 heavy (non-hydrogen) atoms. The number of Topliss-reactive ketones (excluding diaryl/α,β-unsaturated/α-hetero) is 2. The molecular formula is C7H11NO3. The normalized spacial score (nSPS) is 13.3. The van der Waals surface area contributed by atoms with Crippen molar-refractivity contribution in [1.82, 2.24) is 0 Å². The molecule has 0 radical (unpaired) electrons. The molecule has 1 unspecified atom stereocenters. The predicted molar refractivity (Wildman–Crippen MR) is 39.7 cm³/mol. The van der Waals surface area contributed by atoms with Crippen molar-refractivity contribution in [3.8, 4) is 0 Å². The second-order valence-electron chi connectivity index (χ2n) is 2.17. The Balaban J connectivity index is 4.34. The molecule has 1 N–H and O–H groups in total. The zero-order valence-corrected chi connectivity index (χ0v) is 6.57. The van der Waals surface area contributed by atoms with Crippen LogP contribution in [0, 0.1) is 5.92 Å². The summed E-state index contributed by atoms with van der Waals surface area (Å²) in [6, 6.07) is 0. The van der Waals surface area contributed by atoms with E-state index in [9.17, 15) is 9.59 Å². The van der Waals surface area contributed by atoms with Gasteiger partial charge in [-0.05, 0) is 6.92 Å². The number of carbonyl (C=O) groups is 2. The van der Waals surface area contributed by atoms with Gasteiger partial charge in [-0.25, -0.2) is 0 Å². The highest BCUT2D eigenvalue weighted by Crippen LogP contribution is 1.99. The number of carbonyl (C=O) groups excluding carboxylic acids is 2. The maximum Gasteiger partial charge on any atom is 0.148 e. The van der Waals surface area contributed by atoms with Gasteiger partial charge in [0.15, 0.2) is 0 Å². The minimum absolute atomic E-state index is 0.227. The van der Waals surface area contributed by atoms with Crippen molar-refractivity contribution in [3.63, 3.8) is 0 Å². The first kappa shape index (κ1) is 9.81. The van der Waals surface area contributed by atoms with Crippen molar-refractivity contribution in [2.75, 3.05) is 0 Å². The van der Waals surface area contributed by atoms with Crippen molar-refractivity contribution >= 4 is 17.8 Å². The SMILES string of the molecule is CCC(=O)C(C=NO)C(C)=O. The first-order chi connectivity index (χ1) is 5.13. The number of nitrogens with zero attached hydrogens (tertiary/aromatic N) is 1. The third-order valence-electron chi connectivity index (χ3n) is 1.35. The number of ketones is 2. The molecule has 0 aliphatic heterocycles. The molecule has 4 heteroatoms. The molecule has 0 rings (SSSR count). The number of rotatable bonds is 4. The first-order valence-corrected chi connectivity index (χ1v) is 3.34. The van der Waals surface area contributed by atoms with Crippen molar-refractivity contribution < 1.29 is 14.8 Å². The van der Waals surface area contributed by atoms with E-state index in [4.69, 9.17) is 5.21 Å². The average molecular weight is 157 g/mol. The van der Waals surface area contributed by atoms with Crippen LogP contribution in [0.15, 0.2) is 5.16 Å². The van der Waals surface area contributed by atoms with Gasteiger partial charge >= 0.3 is 0 Å². The molecule has 0 spiro atoms. The van der Waals surface area contributed by atoms with E-state index in [0.717, 1.165) is 6.21 Å². The fourth-order valence-electron chi connectivity index (χ4n) is 0.701. The van der Waals surface area contributed by atoms with Gasteiger partial charge in [-0.3, -0.25) is 9.59 Å². The fourth-order valence-corrected chi connectivity index (χ4v) is 0.701. The zero-order valence-electron chi connectivity index (χ0n) is 6.57. The highest BCUT2D eigenvalue weighted by Gasteiger charge is 2.18. The van der Waals surface area contributed by atoms with Crippen LogP contribution in [0.1, 0.15) is 20.3 Å². The van der Waals surface area contributed by atoms with Crippen LogP contribution in [-0.4, -0.2) is 23.0 Å². The largest absolute Gasteiger partial charge is 0.411 e. The molecular weight excluding hydrogens is 146 g/mol. The lowest BCUT2D eigenvalue weighted by Crippen LogP contribution is -2.22. The van der Waals surface area contributed by atoms with E-state index < -0.39 is 5.92 Å². The molecule has 0 aliphatic carbocycles. The quantitative estimate of drug-likeness (QED) is 0.281. The van der Waals surface area contributed by atoms with Gasteiger partial charge in [0.05, 0.1) is 6.21 Å². The van der Waals surface area contributed by atoms with Gasteiger partial charge in [-0.15, -0.1) is 5.16 Å². The maximum absolute atomic E-state index is 10.9. The van der Waals surface area contributed by atoms with E-state index in [2.05, 4.69) is 5.16 Å². The minimum atomic E-state index is -0.870. The third-order valence-corrected chi connectivity index (χ3v) is 1.35. The second kappa shape index (κ2) is 4.60. The molecule has 62 valence electrons. The zero-order chi connectivity index (χ0) is 8.85. The highest BCUT2D eigenvalue weighted by molar-refractivity contribution is 6.13. The Morgan fingerprint density at radius 1 is 1.64 bits per heavy atom. The Bertz CT molecular complexity index is 186. The van der Waals surface area contributed by atoms with E-state index in [1.165, 1.54) is 6.92 Å². The summed E-state index contributed by atoms with van der Waals surface area (Å²) in [6.45, 7) is 2.95. The number of hydrogen-bond donors (Lipinski definition) is 1. The summed E-state index contributed by atoms with van der Waals surface area (Å²) in [5.41, 5.74) is 0. The molecule has 0 amide bonds. The molecule has 0 aliphatic rings. The summed E-state index contributed by atoms with van der Waals surface area (Å²) >= 11 is 0. The van der Waals surface area contributed by atoms with Gasteiger partial charge in [0.25, 0.3) is 0 Å². The Kier molecular flexibility index (Phi) is 4.10. The van der Waals surface area contributed by atoms with E-state index in [-0.39, 0.29) is 18.0 Å². The molecule has 4 nitrogen and oxygen atoms in total. The standard InChI is InChI=1S/C7H11NO3/c1-3-7(10)6(4-8-11)5(2)9/h4,6,11H,3H2,1-2H3. The van der Waals surface area contributed by atoms with E-state index >= 15 is 0 Å². The molecule has 0 aromatic heterocycles. The van der Waals surface area contributed by atoms with Crippen molar-refractivity contribution in [3.05, 3.63) is 0 Å². The van der Waals surface area contributed by atoms with Crippen molar-refractivity contribution in [2.45, 2.75) is 20.3 Å². The Morgan fingerprint density at radius 2 is 2.18 bits per heavy atom. The molecule has 0 saturated heterocycles. The van der Waals surface area contributed by atoms with Gasteiger partial charge < -0.3 is 5.21 Å². The molecule has 0 saturated carbocycles. The predicted octanol–water partition coefficient (Wildman–Crippen LogP) is 0.631. The summed E-state index contributed by atoms with van der Waals surface area (Å²) in [7, 11) is 0. The summed E-state index contributed by atoms with van der Waals surface area (Å²) in [6.07, 6.45) is 1.23. The van der Waals surface area contributed by atoms with Gasteiger partial charge in [0, 0.05) is 6.42 Å². The number of hydrogen-bond acceptors (Lipinski definition) is 4. The van der Waals surface area contributed by atoms with Gasteiger partial charge in [-0.1, -0.05) is 6.92 Å².